The number of fused-ring (bicyclic) bond motifs is 3. The Morgan fingerprint density at radius 3 is 2.53 bits per heavy atom. The van der Waals surface area contributed by atoms with E-state index in [1.54, 1.807) is 0 Å². The fraction of sp³-hybridized carbons (Fsp3) is 0.281. The zero-order chi connectivity index (χ0) is 23.0. The summed E-state index contributed by atoms with van der Waals surface area (Å²) in [6.07, 6.45) is 5.12. The highest BCUT2D eigenvalue weighted by molar-refractivity contribution is 6.30. The van der Waals surface area contributed by atoms with E-state index in [-0.39, 0.29) is 0 Å². The highest BCUT2D eigenvalue weighted by atomic mass is 16.3. The van der Waals surface area contributed by atoms with Gasteiger partial charge in [0.15, 0.2) is 0 Å². The number of nitrogens with zero attached hydrogens (tertiary/aromatic N) is 1. The van der Waals surface area contributed by atoms with E-state index < -0.39 is 0 Å². The lowest BCUT2D eigenvalue weighted by atomic mass is 9.71. The van der Waals surface area contributed by atoms with E-state index in [1.165, 1.54) is 63.9 Å². The quantitative estimate of drug-likeness (QED) is 0.262. The van der Waals surface area contributed by atoms with Crippen molar-refractivity contribution in [3.8, 4) is 0 Å². The van der Waals surface area contributed by atoms with Gasteiger partial charge in [-0.3, -0.25) is 0 Å². The third-order valence-corrected chi connectivity index (χ3v) is 8.15. The molecule has 0 N–H and O–H groups in total. The van der Waals surface area contributed by atoms with Gasteiger partial charge in [0.1, 0.15) is 11.2 Å². The first kappa shape index (κ1) is 20.0. The fourth-order valence-corrected chi connectivity index (χ4v) is 6.21. The van der Waals surface area contributed by atoms with Crippen LogP contribution in [-0.4, -0.2) is 5.71 Å². The minimum atomic E-state index is 0.471. The Balaban J connectivity index is 1.44. The summed E-state index contributed by atoms with van der Waals surface area (Å²) in [5.41, 5.74) is 9.54. The van der Waals surface area contributed by atoms with E-state index in [2.05, 4.69) is 81.4 Å². The monoisotopic (exact) mass is 443 g/mol. The number of hydrogen-bond donors (Lipinski definition) is 0. The van der Waals surface area contributed by atoms with Gasteiger partial charge in [0.2, 0.25) is 0 Å². The van der Waals surface area contributed by atoms with E-state index in [4.69, 9.17) is 9.41 Å². The highest BCUT2D eigenvalue weighted by Gasteiger charge is 2.30. The molecule has 0 unspecified atom stereocenters. The van der Waals surface area contributed by atoms with Gasteiger partial charge in [-0.15, -0.1) is 0 Å². The molecule has 7 rings (SSSR count). The third-order valence-electron chi connectivity index (χ3n) is 8.15. The molecule has 0 amide bonds. The average Bonchev–Trinajstić information content (AvgIpc) is 3.38. The summed E-state index contributed by atoms with van der Waals surface area (Å²) in [7, 11) is 0. The van der Waals surface area contributed by atoms with Crippen LogP contribution in [0.3, 0.4) is 0 Å². The van der Waals surface area contributed by atoms with Crippen LogP contribution < -0.4 is 0 Å². The van der Waals surface area contributed by atoms with Crippen molar-refractivity contribution in [3.05, 3.63) is 89.0 Å². The molecule has 0 spiro atoms. The number of rotatable bonds is 2. The van der Waals surface area contributed by atoms with Crippen LogP contribution in [0.1, 0.15) is 67.7 Å². The standard InChI is InChI=1S/C32H29NO/c1-19-15-24-23-8-4-5-10-28(23)34-31(24)26(16-19)30-25-18-22(20-11-13-32(2,3)14-12-20)17-21-7-6-9-27(33-30)29(21)25/h4-10,15-18,20H,11-14H2,1-3H3. The molecule has 1 fully saturated rings. The van der Waals surface area contributed by atoms with E-state index in [1.807, 2.05) is 6.07 Å². The van der Waals surface area contributed by atoms with Crippen LogP contribution in [0.25, 0.3) is 32.7 Å². The summed E-state index contributed by atoms with van der Waals surface area (Å²) in [6, 6.07) is 24.2. The van der Waals surface area contributed by atoms with Crippen molar-refractivity contribution in [2.75, 3.05) is 0 Å². The summed E-state index contributed by atoms with van der Waals surface area (Å²) in [5, 5.41) is 4.93. The van der Waals surface area contributed by atoms with Crippen molar-refractivity contribution in [1.29, 1.82) is 0 Å². The first-order valence-corrected chi connectivity index (χ1v) is 12.5. The van der Waals surface area contributed by atoms with Crippen LogP contribution in [-0.2, 0) is 0 Å². The first-order valence-electron chi connectivity index (χ1n) is 12.5. The molecular formula is C32H29NO. The molecule has 4 aromatic carbocycles. The Bertz CT molecular complexity index is 1640. The zero-order valence-corrected chi connectivity index (χ0v) is 20.1. The number of benzene rings is 4. The lowest BCUT2D eigenvalue weighted by Crippen LogP contribution is -2.20. The van der Waals surface area contributed by atoms with Crippen LogP contribution in [0.2, 0.25) is 0 Å². The predicted molar refractivity (Wildman–Crippen MR) is 143 cm³/mol. The molecule has 168 valence electrons. The molecule has 34 heavy (non-hydrogen) atoms. The van der Waals surface area contributed by atoms with Gasteiger partial charge in [0, 0.05) is 27.3 Å². The summed E-state index contributed by atoms with van der Waals surface area (Å²) in [5.74, 6) is 0.628. The molecule has 2 heteroatoms. The van der Waals surface area contributed by atoms with Gasteiger partial charge < -0.3 is 4.42 Å². The van der Waals surface area contributed by atoms with Crippen molar-refractivity contribution in [2.45, 2.75) is 52.4 Å². The van der Waals surface area contributed by atoms with Crippen LogP contribution >= 0.6 is 0 Å². The molecule has 2 nitrogen and oxygen atoms in total. The molecule has 2 heterocycles. The third kappa shape index (κ3) is 2.98. The van der Waals surface area contributed by atoms with Crippen molar-refractivity contribution in [3.63, 3.8) is 0 Å². The maximum atomic E-state index is 6.43. The number of hydrogen-bond acceptors (Lipinski definition) is 2. The Labute approximate surface area is 200 Å². The molecule has 2 aliphatic rings. The summed E-state index contributed by atoms with van der Waals surface area (Å²) >= 11 is 0. The molecule has 0 atom stereocenters. The molecule has 1 aromatic heterocycles. The number of aryl methyl sites for hydroxylation is 1. The van der Waals surface area contributed by atoms with Gasteiger partial charge in [-0.05, 0) is 90.8 Å². The van der Waals surface area contributed by atoms with Gasteiger partial charge in [-0.1, -0.05) is 50.2 Å². The van der Waals surface area contributed by atoms with Gasteiger partial charge in [0.05, 0.1) is 11.4 Å². The Morgan fingerprint density at radius 1 is 0.853 bits per heavy atom. The Kier molecular flexibility index (Phi) is 4.16. The topological polar surface area (TPSA) is 25.5 Å². The maximum Gasteiger partial charge on any atom is 0.144 e. The largest absolute Gasteiger partial charge is 0.455 e. The predicted octanol–water partition coefficient (Wildman–Crippen LogP) is 9.21. The van der Waals surface area contributed by atoms with Gasteiger partial charge in [-0.25, -0.2) is 4.99 Å². The lowest BCUT2D eigenvalue weighted by molar-refractivity contribution is 0.224. The van der Waals surface area contributed by atoms with Crippen LogP contribution in [0.15, 0.2) is 76.1 Å². The summed E-state index contributed by atoms with van der Waals surface area (Å²) in [6.45, 7) is 7.00. The smallest absolute Gasteiger partial charge is 0.144 e. The second-order valence-corrected chi connectivity index (χ2v) is 11.1. The van der Waals surface area contributed by atoms with Crippen molar-refractivity contribution < 1.29 is 4.42 Å². The molecule has 0 saturated heterocycles. The Hall–Kier alpha value is -3.39. The number of aliphatic imine (C=N–C) groups is 1. The maximum absolute atomic E-state index is 6.43. The van der Waals surface area contributed by atoms with Crippen LogP contribution in [0.5, 0.6) is 0 Å². The minimum absolute atomic E-state index is 0.471. The molecule has 0 bridgehead atoms. The SMILES string of the molecule is Cc1cc(C2=Nc3cccc4cc(C5CCC(C)(C)CC5)cc2c34)c2oc3ccccc3c2c1. The summed E-state index contributed by atoms with van der Waals surface area (Å²) < 4.78 is 6.43. The van der Waals surface area contributed by atoms with E-state index >= 15 is 0 Å². The zero-order valence-electron chi connectivity index (χ0n) is 20.1. The van der Waals surface area contributed by atoms with E-state index in [0.717, 1.165) is 28.1 Å². The molecule has 0 radical (unpaired) electrons. The Morgan fingerprint density at radius 2 is 1.68 bits per heavy atom. The van der Waals surface area contributed by atoms with E-state index in [0.29, 0.717) is 11.3 Å². The van der Waals surface area contributed by atoms with Gasteiger partial charge in [-0.2, -0.15) is 0 Å². The normalized spacial score (nSPS) is 17.7. The van der Waals surface area contributed by atoms with E-state index in [9.17, 15) is 0 Å². The van der Waals surface area contributed by atoms with Gasteiger partial charge in [0.25, 0.3) is 0 Å². The first-order chi connectivity index (χ1) is 16.5. The van der Waals surface area contributed by atoms with Gasteiger partial charge >= 0.3 is 0 Å². The lowest BCUT2D eigenvalue weighted by Gasteiger charge is -2.34. The molecule has 1 aliphatic carbocycles. The fourth-order valence-electron chi connectivity index (χ4n) is 6.21. The average molecular weight is 444 g/mol. The molecule has 1 aliphatic heterocycles. The number of para-hydroxylation sites is 1. The van der Waals surface area contributed by atoms with Crippen molar-refractivity contribution in [2.24, 2.45) is 10.4 Å². The van der Waals surface area contributed by atoms with Crippen LogP contribution in [0.4, 0.5) is 5.69 Å². The molecule has 5 aromatic rings. The van der Waals surface area contributed by atoms with Crippen LogP contribution in [0, 0.1) is 12.3 Å². The van der Waals surface area contributed by atoms with Crippen molar-refractivity contribution in [1.82, 2.24) is 0 Å². The number of furan rings is 1. The molecular weight excluding hydrogens is 414 g/mol. The molecule has 1 saturated carbocycles. The highest BCUT2D eigenvalue weighted by Crippen LogP contribution is 2.46. The minimum Gasteiger partial charge on any atom is -0.455 e. The second-order valence-electron chi connectivity index (χ2n) is 11.1. The van der Waals surface area contributed by atoms with Crippen molar-refractivity contribution >= 4 is 44.1 Å². The summed E-state index contributed by atoms with van der Waals surface area (Å²) in [4.78, 5) is 5.19. The second kappa shape index (κ2) is 7.06.